The molecule has 0 aliphatic rings. The van der Waals surface area contributed by atoms with Gasteiger partial charge in [0.1, 0.15) is 11.5 Å². The van der Waals surface area contributed by atoms with Crippen molar-refractivity contribution < 1.29 is 14.3 Å². The second-order valence-electron chi connectivity index (χ2n) is 7.33. The summed E-state index contributed by atoms with van der Waals surface area (Å²) in [5, 5.41) is 5.91. The summed E-state index contributed by atoms with van der Waals surface area (Å²) in [5.74, 6) is 1.15. The Morgan fingerprint density at radius 2 is 1.75 bits per heavy atom. The van der Waals surface area contributed by atoms with Gasteiger partial charge in [-0.15, -0.1) is 0 Å². The van der Waals surface area contributed by atoms with Gasteiger partial charge in [-0.3, -0.25) is 10.1 Å². The van der Waals surface area contributed by atoms with Crippen molar-refractivity contribution in [1.29, 1.82) is 0 Å². The van der Waals surface area contributed by atoms with Gasteiger partial charge in [0, 0.05) is 17.7 Å². The molecular weight excluding hydrogens is 488 g/mol. The molecule has 0 atom stereocenters. The second-order valence-corrected chi connectivity index (χ2v) is 8.59. The van der Waals surface area contributed by atoms with Crippen molar-refractivity contribution in [3.05, 3.63) is 88.4 Å². The van der Waals surface area contributed by atoms with Crippen molar-refractivity contribution in [2.45, 2.75) is 26.4 Å². The Bertz CT molecular complexity index is 1060. The molecule has 0 aromatic heterocycles. The molecule has 0 heterocycles. The molecule has 7 heteroatoms. The third-order valence-electron chi connectivity index (χ3n) is 4.40. The summed E-state index contributed by atoms with van der Waals surface area (Å²) < 4.78 is 12.2. The Morgan fingerprint density at radius 1 is 1.03 bits per heavy atom. The fraction of sp³-hybridized carbons (Fsp3) is 0.200. The lowest BCUT2D eigenvalue weighted by molar-refractivity contribution is 0.0977. The molecule has 0 spiro atoms. The van der Waals surface area contributed by atoms with Gasteiger partial charge in [0.2, 0.25) is 0 Å². The second kappa shape index (κ2) is 11.6. The Morgan fingerprint density at radius 3 is 2.41 bits per heavy atom. The molecule has 3 aromatic carbocycles. The zero-order valence-electron chi connectivity index (χ0n) is 17.9. The maximum Gasteiger partial charge on any atom is 0.257 e. The number of carbonyl (C=O) groups is 1. The van der Waals surface area contributed by atoms with Gasteiger partial charge in [0.15, 0.2) is 5.11 Å². The molecule has 0 saturated heterocycles. The lowest BCUT2D eigenvalue weighted by Gasteiger charge is -2.13. The van der Waals surface area contributed by atoms with E-state index in [9.17, 15) is 4.79 Å². The van der Waals surface area contributed by atoms with Gasteiger partial charge in [0.25, 0.3) is 5.91 Å². The van der Waals surface area contributed by atoms with Crippen LogP contribution >= 0.6 is 28.1 Å². The predicted octanol–water partition coefficient (Wildman–Crippen LogP) is 5.98. The van der Waals surface area contributed by atoms with Crippen LogP contribution in [-0.4, -0.2) is 23.7 Å². The third-order valence-corrected chi connectivity index (χ3v) is 5.22. The van der Waals surface area contributed by atoms with Crippen LogP contribution in [0, 0.1) is 0 Å². The van der Waals surface area contributed by atoms with E-state index in [2.05, 4.69) is 38.7 Å². The molecule has 3 aromatic rings. The van der Waals surface area contributed by atoms with Crippen molar-refractivity contribution in [1.82, 2.24) is 5.32 Å². The normalized spacial score (nSPS) is 10.5. The van der Waals surface area contributed by atoms with E-state index in [4.69, 9.17) is 21.7 Å². The number of ether oxygens (including phenoxy) is 2. The summed E-state index contributed by atoms with van der Waals surface area (Å²) in [6.45, 7) is 4.49. The van der Waals surface area contributed by atoms with Crippen molar-refractivity contribution in [3.63, 3.8) is 0 Å². The van der Waals surface area contributed by atoms with Gasteiger partial charge in [-0.25, -0.2) is 0 Å². The number of amides is 1. The highest BCUT2D eigenvalue weighted by molar-refractivity contribution is 9.10. The summed E-state index contributed by atoms with van der Waals surface area (Å²) in [6.07, 6.45) is 0.890. The number of hydrogen-bond donors (Lipinski definition) is 2. The van der Waals surface area contributed by atoms with E-state index >= 15 is 0 Å². The Kier molecular flexibility index (Phi) is 8.64. The molecule has 1 amide bonds. The highest BCUT2D eigenvalue weighted by Gasteiger charge is 2.12. The molecule has 3 rings (SSSR count). The monoisotopic (exact) mass is 512 g/mol. The van der Waals surface area contributed by atoms with Crippen LogP contribution in [0.4, 0.5) is 5.69 Å². The topological polar surface area (TPSA) is 59.6 Å². The minimum Gasteiger partial charge on any atom is -0.493 e. The molecule has 0 radical (unpaired) electrons. The Balaban J connectivity index is 1.48. The number of carbonyl (C=O) groups excluding carboxylic acids is 1. The zero-order valence-corrected chi connectivity index (χ0v) is 20.3. The SMILES string of the molecule is CC(C)Oc1ccc(C(=O)NC(=S)Nc2ccc(OCCc3ccccc3)cc2)cc1Br. The van der Waals surface area contributed by atoms with E-state index < -0.39 is 0 Å². The van der Waals surface area contributed by atoms with Crippen LogP contribution in [-0.2, 0) is 6.42 Å². The van der Waals surface area contributed by atoms with Crippen LogP contribution in [0.2, 0.25) is 0 Å². The Hall–Kier alpha value is -2.90. The van der Waals surface area contributed by atoms with Crippen LogP contribution in [0.15, 0.2) is 77.3 Å². The maximum absolute atomic E-state index is 12.5. The highest BCUT2D eigenvalue weighted by Crippen LogP contribution is 2.27. The van der Waals surface area contributed by atoms with Gasteiger partial charge >= 0.3 is 0 Å². The van der Waals surface area contributed by atoms with Gasteiger partial charge in [-0.2, -0.15) is 0 Å². The standard InChI is InChI=1S/C25H25BrN2O3S/c1-17(2)31-23-13-8-19(16-22(23)26)24(29)28-25(32)27-20-9-11-21(12-10-20)30-15-14-18-6-4-3-5-7-18/h3-13,16-17H,14-15H2,1-2H3,(H2,27,28,29,32). The molecule has 0 aliphatic carbocycles. The number of halogens is 1. The first-order valence-corrected chi connectivity index (χ1v) is 11.5. The number of benzene rings is 3. The van der Waals surface area contributed by atoms with Crippen LogP contribution in [0.5, 0.6) is 11.5 Å². The quantitative estimate of drug-likeness (QED) is 0.363. The minimum atomic E-state index is -0.305. The Labute approximate surface area is 202 Å². The largest absolute Gasteiger partial charge is 0.493 e. The van der Waals surface area contributed by atoms with Crippen molar-refractivity contribution in [2.75, 3.05) is 11.9 Å². The van der Waals surface area contributed by atoms with E-state index in [1.165, 1.54) is 5.56 Å². The van der Waals surface area contributed by atoms with Crippen LogP contribution in [0.1, 0.15) is 29.8 Å². The van der Waals surface area contributed by atoms with E-state index in [1.807, 2.05) is 56.3 Å². The van der Waals surface area contributed by atoms with E-state index in [0.29, 0.717) is 22.4 Å². The van der Waals surface area contributed by atoms with Crippen LogP contribution in [0.3, 0.4) is 0 Å². The summed E-state index contributed by atoms with van der Waals surface area (Å²) in [4.78, 5) is 12.5. The smallest absolute Gasteiger partial charge is 0.257 e. The number of nitrogens with one attached hydrogen (secondary N) is 2. The molecule has 0 saturated carbocycles. The first-order valence-electron chi connectivity index (χ1n) is 10.3. The predicted molar refractivity (Wildman–Crippen MR) is 136 cm³/mol. The molecule has 0 aliphatic heterocycles. The van der Waals surface area contributed by atoms with E-state index in [-0.39, 0.29) is 17.1 Å². The fourth-order valence-corrected chi connectivity index (χ4v) is 3.58. The van der Waals surface area contributed by atoms with Gasteiger partial charge < -0.3 is 14.8 Å². The number of rotatable bonds is 8. The average molecular weight is 513 g/mol. The van der Waals surface area contributed by atoms with Gasteiger partial charge in [0.05, 0.1) is 17.2 Å². The molecule has 32 heavy (non-hydrogen) atoms. The van der Waals surface area contributed by atoms with Gasteiger partial charge in [-0.1, -0.05) is 30.3 Å². The summed E-state index contributed by atoms with van der Waals surface area (Å²) in [5.41, 5.74) is 2.47. The summed E-state index contributed by atoms with van der Waals surface area (Å²) >= 11 is 8.71. The molecule has 5 nitrogen and oxygen atoms in total. The highest BCUT2D eigenvalue weighted by atomic mass is 79.9. The molecule has 166 valence electrons. The van der Waals surface area contributed by atoms with E-state index in [0.717, 1.165) is 17.9 Å². The van der Waals surface area contributed by atoms with E-state index in [1.54, 1.807) is 18.2 Å². The van der Waals surface area contributed by atoms with Crippen molar-refractivity contribution in [2.24, 2.45) is 0 Å². The molecular formula is C25H25BrN2O3S. The molecule has 0 unspecified atom stereocenters. The molecule has 2 N–H and O–H groups in total. The molecule has 0 fully saturated rings. The van der Waals surface area contributed by atoms with Crippen LogP contribution < -0.4 is 20.1 Å². The summed E-state index contributed by atoms with van der Waals surface area (Å²) in [6, 6.07) is 22.8. The third kappa shape index (κ3) is 7.35. The number of thiocarbonyl (C=S) groups is 1. The lowest BCUT2D eigenvalue weighted by Crippen LogP contribution is -2.34. The van der Waals surface area contributed by atoms with Crippen molar-refractivity contribution in [3.8, 4) is 11.5 Å². The maximum atomic E-state index is 12.5. The molecule has 0 bridgehead atoms. The average Bonchev–Trinajstić information content (AvgIpc) is 2.76. The first-order chi connectivity index (χ1) is 15.4. The van der Waals surface area contributed by atoms with Gasteiger partial charge in [-0.05, 0) is 90.0 Å². The minimum absolute atomic E-state index is 0.0448. The zero-order chi connectivity index (χ0) is 22.9. The number of anilines is 1. The lowest BCUT2D eigenvalue weighted by atomic mass is 10.2. The number of hydrogen-bond acceptors (Lipinski definition) is 4. The van der Waals surface area contributed by atoms with Crippen LogP contribution in [0.25, 0.3) is 0 Å². The van der Waals surface area contributed by atoms with Crippen molar-refractivity contribution >= 4 is 44.9 Å². The first kappa shape index (κ1) is 23.8. The fourth-order valence-electron chi connectivity index (χ4n) is 2.90. The summed E-state index contributed by atoms with van der Waals surface area (Å²) in [7, 11) is 0.